The van der Waals surface area contributed by atoms with E-state index in [-0.39, 0.29) is 12.4 Å². The summed E-state index contributed by atoms with van der Waals surface area (Å²) in [6.07, 6.45) is 0. The van der Waals surface area contributed by atoms with Crippen molar-refractivity contribution in [3.63, 3.8) is 0 Å². The van der Waals surface area contributed by atoms with Gasteiger partial charge in [0.05, 0.1) is 12.2 Å². The molecule has 2 atom stereocenters. The van der Waals surface area contributed by atoms with Gasteiger partial charge in [-0.3, -0.25) is 9.58 Å². The van der Waals surface area contributed by atoms with E-state index in [1.54, 1.807) is 0 Å². The second kappa shape index (κ2) is 7.68. The lowest BCUT2D eigenvalue weighted by atomic mass is 10.1. The van der Waals surface area contributed by atoms with E-state index in [0.29, 0.717) is 12.0 Å². The van der Waals surface area contributed by atoms with E-state index in [1.807, 2.05) is 0 Å². The lowest BCUT2D eigenvalue weighted by Gasteiger charge is -2.15. The minimum Gasteiger partial charge on any atom is -0.326 e. The maximum Gasteiger partial charge on any atom is 0.0662 e. The number of likely N-dealkylation sites (tertiary alicyclic amines) is 1. The fourth-order valence-electron chi connectivity index (χ4n) is 3.43. The van der Waals surface area contributed by atoms with Crippen LogP contribution in [-0.2, 0) is 13.1 Å². The molecule has 0 aliphatic carbocycles. The molecule has 0 bridgehead atoms. The van der Waals surface area contributed by atoms with Crippen LogP contribution in [0, 0.1) is 26.7 Å². The lowest BCUT2D eigenvalue weighted by molar-refractivity contribution is 0.317. The van der Waals surface area contributed by atoms with E-state index in [4.69, 9.17) is 10.8 Å². The van der Waals surface area contributed by atoms with Crippen molar-refractivity contribution >= 4 is 12.4 Å². The highest BCUT2D eigenvalue weighted by molar-refractivity contribution is 5.85. The van der Waals surface area contributed by atoms with Crippen LogP contribution in [0.4, 0.5) is 0 Å². The second-order valence-electron chi connectivity index (χ2n) is 7.13. The second-order valence-corrected chi connectivity index (χ2v) is 7.13. The van der Waals surface area contributed by atoms with Crippen molar-refractivity contribution in [3.8, 4) is 0 Å². The highest BCUT2D eigenvalue weighted by atomic mass is 35.5. The normalized spacial score (nSPS) is 21.0. The quantitative estimate of drug-likeness (QED) is 0.923. The Morgan fingerprint density at radius 1 is 1.08 bits per heavy atom. The fourth-order valence-corrected chi connectivity index (χ4v) is 3.43. The van der Waals surface area contributed by atoms with Gasteiger partial charge in [0.15, 0.2) is 0 Å². The molecular formula is C19H29ClN4. The number of rotatable bonds is 4. The fraction of sp³-hybridized carbons (Fsp3) is 0.526. The summed E-state index contributed by atoms with van der Waals surface area (Å²) in [5.41, 5.74) is 12.5. The van der Waals surface area contributed by atoms with Gasteiger partial charge in [-0.2, -0.15) is 5.10 Å². The molecular weight excluding hydrogens is 320 g/mol. The molecule has 2 heterocycles. The molecule has 1 aliphatic rings. The topological polar surface area (TPSA) is 47.1 Å². The summed E-state index contributed by atoms with van der Waals surface area (Å²) in [4.78, 5) is 2.46. The van der Waals surface area contributed by atoms with Crippen molar-refractivity contribution in [1.29, 1.82) is 0 Å². The molecule has 2 unspecified atom stereocenters. The summed E-state index contributed by atoms with van der Waals surface area (Å²) >= 11 is 0. The van der Waals surface area contributed by atoms with E-state index in [1.165, 1.54) is 22.4 Å². The SMILES string of the molecule is Cc1ccc(Cn2nc(C)c(CN3CC(C)C(N)C3)c2C)cc1.Cl. The predicted octanol–water partition coefficient (Wildman–Crippen LogP) is 3.06. The monoisotopic (exact) mass is 348 g/mol. The summed E-state index contributed by atoms with van der Waals surface area (Å²) < 4.78 is 2.13. The van der Waals surface area contributed by atoms with Crippen LogP contribution in [0.15, 0.2) is 24.3 Å². The Bertz CT molecular complexity index is 667. The van der Waals surface area contributed by atoms with Gasteiger partial charge >= 0.3 is 0 Å². The van der Waals surface area contributed by atoms with E-state index in [9.17, 15) is 0 Å². The zero-order chi connectivity index (χ0) is 16.6. The van der Waals surface area contributed by atoms with Crippen LogP contribution in [0.5, 0.6) is 0 Å². The van der Waals surface area contributed by atoms with Crippen LogP contribution in [0.2, 0.25) is 0 Å². The van der Waals surface area contributed by atoms with E-state index >= 15 is 0 Å². The van der Waals surface area contributed by atoms with Crippen molar-refractivity contribution in [3.05, 3.63) is 52.3 Å². The summed E-state index contributed by atoms with van der Waals surface area (Å²) in [5.74, 6) is 0.582. The van der Waals surface area contributed by atoms with Gasteiger partial charge in [0, 0.05) is 36.9 Å². The van der Waals surface area contributed by atoms with Gasteiger partial charge in [-0.15, -0.1) is 12.4 Å². The molecule has 2 N–H and O–H groups in total. The summed E-state index contributed by atoms with van der Waals surface area (Å²) in [6, 6.07) is 9.00. The number of halogens is 1. The van der Waals surface area contributed by atoms with Crippen LogP contribution < -0.4 is 5.73 Å². The van der Waals surface area contributed by atoms with Crippen LogP contribution >= 0.6 is 12.4 Å². The lowest BCUT2D eigenvalue weighted by Crippen LogP contribution is -2.28. The predicted molar refractivity (Wildman–Crippen MR) is 102 cm³/mol. The van der Waals surface area contributed by atoms with Gasteiger partial charge in [-0.25, -0.2) is 0 Å². The molecule has 24 heavy (non-hydrogen) atoms. The van der Waals surface area contributed by atoms with Crippen LogP contribution in [-0.4, -0.2) is 33.8 Å². The van der Waals surface area contributed by atoms with Gasteiger partial charge in [-0.1, -0.05) is 36.8 Å². The summed E-state index contributed by atoms with van der Waals surface area (Å²) in [5, 5.41) is 4.77. The average molecular weight is 349 g/mol. The number of aryl methyl sites for hydroxylation is 2. The van der Waals surface area contributed by atoms with Crippen molar-refractivity contribution in [2.24, 2.45) is 11.7 Å². The molecule has 3 rings (SSSR count). The van der Waals surface area contributed by atoms with E-state index < -0.39 is 0 Å². The first-order chi connectivity index (χ1) is 10.9. The maximum atomic E-state index is 6.16. The Morgan fingerprint density at radius 3 is 2.33 bits per heavy atom. The first-order valence-corrected chi connectivity index (χ1v) is 8.50. The van der Waals surface area contributed by atoms with Gasteiger partial charge in [0.2, 0.25) is 0 Å². The first-order valence-electron chi connectivity index (χ1n) is 8.50. The third-order valence-corrected chi connectivity index (χ3v) is 5.11. The number of nitrogens with zero attached hydrogens (tertiary/aromatic N) is 3. The highest BCUT2D eigenvalue weighted by Gasteiger charge is 2.27. The van der Waals surface area contributed by atoms with Crippen LogP contribution in [0.3, 0.4) is 0 Å². The van der Waals surface area contributed by atoms with E-state index in [2.05, 4.69) is 61.5 Å². The Morgan fingerprint density at radius 2 is 1.75 bits per heavy atom. The molecule has 1 aromatic heterocycles. The largest absolute Gasteiger partial charge is 0.326 e. The molecule has 2 aromatic rings. The first kappa shape index (κ1) is 19.0. The molecule has 132 valence electrons. The molecule has 0 amide bonds. The van der Waals surface area contributed by atoms with Crippen molar-refractivity contribution in [2.45, 2.75) is 46.8 Å². The van der Waals surface area contributed by atoms with Gasteiger partial charge in [-0.05, 0) is 32.3 Å². The standard InChI is InChI=1S/C19H28N4.ClH/c1-13-5-7-17(8-6-13)10-23-16(4)18(15(3)21-23)11-22-9-14(2)19(20)12-22;/h5-8,14,19H,9-12,20H2,1-4H3;1H. The Hall–Kier alpha value is -1.36. The Balaban J connectivity index is 0.00000208. The molecule has 1 aromatic carbocycles. The number of benzene rings is 1. The molecule has 0 saturated carbocycles. The maximum absolute atomic E-state index is 6.16. The Kier molecular flexibility index (Phi) is 6.07. The molecule has 0 radical (unpaired) electrons. The zero-order valence-electron chi connectivity index (χ0n) is 15.1. The van der Waals surface area contributed by atoms with Gasteiger partial charge in [0.1, 0.15) is 0 Å². The van der Waals surface area contributed by atoms with Crippen molar-refractivity contribution in [2.75, 3.05) is 13.1 Å². The number of hydrogen-bond acceptors (Lipinski definition) is 3. The van der Waals surface area contributed by atoms with Gasteiger partial charge in [0.25, 0.3) is 0 Å². The molecule has 0 spiro atoms. The minimum absolute atomic E-state index is 0. The van der Waals surface area contributed by atoms with Gasteiger partial charge < -0.3 is 5.73 Å². The van der Waals surface area contributed by atoms with Crippen molar-refractivity contribution in [1.82, 2.24) is 14.7 Å². The average Bonchev–Trinajstić information content (AvgIpc) is 2.96. The molecule has 1 aliphatic heterocycles. The van der Waals surface area contributed by atoms with E-state index in [0.717, 1.165) is 31.9 Å². The number of nitrogens with two attached hydrogens (primary N) is 1. The highest BCUT2D eigenvalue weighted by Crippen LogP contribution is 2.21. The molecule has 5 heteroatoms. The smallest absolute Gasteiger partial charge is 0.0662 e. The summed E-state index contributed by atoms with van der Waals surface area (Å²) in [6.45, 7) is 12.5. The third-order valence-electron chi connectivity index (χ3n) is 5.11. The molecule has 1 fully saturated rings. The van der Waals surface area contributed by atoms with Crippen molar-refractivity contribution < 1.29 is 0 Å². The molecule has 1 saturated heterocycles. The number of aromatic nitrogens is 2. The molecule has 4 nitrogen and oxygen atoms in total. The number of hydrogen-bond donors (Lipinski definition) is 1. The van der Waals surface area contributed by atoms with Crippen LogP contribution in [0.1, 0.15) is 35.0 Å². The minimum atomic E-state index is 0. The van der Waals surface area contributed by atoms with Crippen LogP contribution in [0.25, 0.3) is 0 Å². The summed E-state index contributed by atoms with van der Waals surface area (Å²) in [7, 11) is 0. The Labute approximate surface area is 151 Å². The third kappa shape index (κ3) is 4.00. The zero-order valence-corrected chi connectivity index (χ0v) is 15.9.